The van der Waals surface area contributed by atoms with Crippen molar-refractivity contribution < 1.29 is 41.4 Å². The van der Waals surface area contributed by atoms with Gasteiger partial charge < -0.3 is 14.8 Å². The third-order valence-electron chi connectivity index (χ3n) is 5.97. The van der Waals surface area contributed by atoms with Crippen LogP contribution in [0.2, 0.25) is 0 Å². The molecule has 2 amide bonds. The number of carbonyl (C=O) groups is 3. The zero-order valence-corrected chi connectivity index (χ0v) is 23.3. The highest BCUT2D eigenvalue weighted by molar-refractivity contribution is 8.15. The average Bonchev–Trinajstić information content (AvgIpc) is 2.97. The molecule has 3 aromatic rings. The second-order valence-electron chi connectivity index (χ2n) is 8.86. The summed E-state index contributed by atoms with van der Waals surface area (Å²) in [5.41, 5.74) is 0.333. The molecular formula is C29H25F4N3O5S. The molecule has 0 aromatic heterocycles. The highest BCUT2D eigenvalue weighted by atomic mass is 32.2. The Balaban J connectivity index is 1.63. The van der Waals surface area contributed by atoms with Gasteiger partial charge in [-0.1, -0.05) is 11.8 Å². The fraction of sp³-hybridized carbons (Fsp3) is 0.241. The van der Waals surface area contributed by atoms with Crippen LogP contribution in [-0.2, 0) is 20.9 Å². The Kier molecular flexibility index (Phi) is 9.84. The molecule has 1 fully saturated rings. The number of aliphatic imine (C=N–C) groups is 1. The van der Waals surface area contributed by atoms with Gasteiger partial charge in [-0.05, 0) is 68.4 Å². The van der Waals surface area contributed by atoms with Gasteiger partial charge in [-0.15, -0.1) is 0 Å². The number of nitrogens with one attached hydrogen (secondary N) is 1. The Labute approximate surface area is 242 Å². The smallest absolute Gasteiger partial charge is 0.338 e. The van der Waals surface area contributed by atoms with Gasteiger partial charge in [0.25, 0.3) is 0 Å². The van der Waals surface area contributed by atoms with Crippen molar-refractivity contribution in [3.63, 3.8) is 0 Å². The minimum Gasteiger partial charge on any atom is -0.494 e. The van der Waals surface area contributed by atoms with Crippen molar-refractivity contribution in [2.45, 2.75) is 32.1 Å². The average molecular weight is 604 g/mol. The van der Waals surface area contributed by atoms with Crippen LogP contribution < -0.4 is 10.1 Å². The Bertz CT molecular complexity index is 1520. The molecule has 1 heterocycles. The van der Waals surface area contributed by atoms with Gasteiger partial charge in [0.2, 0.25) is 11.8 Å². The van der Waals surface area contributed by atoms with Gasteiger partial charge in [0.1, 0.15) is 11.0 Å². The van der Waals surface area contributed by atoms with Crippen LogP contribution in [0.25, 0.3) is 0 Å². The van der Waals surface area contributed by atoms with Crippen LogP contribution in [-0.4, -0.2) is 46.3 Å². The predicted octanol–water partition coefficient (Wildman–Crippen LogP) is 5.98. The summed E-state index contributed by atoms with van der Waals surface area (Å²) in [5.74, 6) is -8.42. The molecule has 1 N–H and O–H groups in total. The lowest BCUT2D eigenvalue weighted by Gasteiger charge is -2.32. The van der Waals surface area contributed by atoms with Gasteiger partial charge in [-0.2, -0.15) is 0 Å². The molecule has 4 rings (SSSR count). The Hall–Kier alpha value is -4.39. The van der Waals surface area contributed by atoms with Gasteiger partial charge in [0, 0.05) is 17.7 Å². The van der Waals surface area contributed by atoms with Crippen LogP contribution in [0.4, 0.5) is 28.9 Å². The van der Waals surface area contributed by atoms with E-state index in [0.717, 1.165) is 16.7 Å². The van der Waals surface area contributed by atoms with Gasteiger partial charge in [0.05, 0.1) is 31.0 Å². The van der Waals surface area contributed by atoms with Crippen molar-refractivity contribution in [3.05, 3.63) is 89.0 Å². The van der Waals surface area contributed by atoms with Crippen LogP contribution in [0.1, 0.15) is 36.2 Å². The lowest BCUT2D eigenvalue weighted by Crippen LogP contribution is -2.45. The van der Waals surface area contributed by atoms with Crippen molar-refractivity contribution in [2.24, 2.45) is 4.99 Å². The molecule has 1 aliphatic heterocycles. The predicted molar refractivity (Wildman–Crippen MR) is 149 cm³/mol. The van der Waals surface area contributed by atoms with E-state index in [1.807, 2.05) is 6.92 Å². The third kappa shape index (κ3) is 7.08. The summed E-state index contributed by atoms with van der Waals surface area (Å²) in [6.07, 6.45) is -0.345. The molecule has 13 heteroatoms. The van der Waals surface area contributed by atoms with E-state index in [-0.39, 0.29) is 29.4 Å². The van der Waals surface area contributed by atoms with Gasteiger partial charge >= 0.3 is 5.97 Å². The third-order valence-corrected chi connectivity index (χ3v) is 7.16. The molecular weight excluding hydrogens is 578 g/mol. The number of amidine groups is 1. The number of thioether (sulfide) groups is 1. The van der Waals surface area contributed by atoms with Gasteiger partial charge in [-0.25, -0.2) is 27.3 Å². The first kappa shape index (κ1) is 30.6. The minimum atomic E-state index is -2.01. The molecule has 1 atom stereocenters. The maximum Gasteiger partial charge on any atom is 0.338 e. The fourth-order valence-corrected chi connectivity index (χ4v) is 5.02. The van der Waals surface area contributed by atoms with Crippen LogP contribution in [0.5, 0.6) is 5.75 Å². The molecule has 0 aliphatic carbocycles. The van der Waals surface area contributed by atoms with Crippen molar-refractivity contribution >= 4 is 46.1 Å². The molecule has 1 saturated heterocycles. The number of nitrogens with zero attached hydrogens (tertiary/aromatic N) is 2. The first-order valence-corrected chi connectivity index (χ1v) is 13.7. The van der Waals surface area contributed by atoms with Crippen LogP contribution in [0.3, 0.4) is 0 Å². The number of hydrogen-bond donors (Lipinski definition) is 1. The lowest BCUT2D eigenvalue weighted by atomic mass is 10.1. The van der Waals surface area contributed by atoms with E-state index < -0.39 is 58.4 Å². The number of rotatable bonds is 9. The summed E-state index contributed by atoms with van der Waals surface area (Å²) >= 11 is 0.875. The van der Waals surface area contributed by atoms with Crippen LogP contribution in [0, 0.1) is 23.3 Å². The zero-order chi connectivity index (χ0) is 30.4. The molecule has 42 heavy (non-hydrogen) atoms. The standard InChI is InChI=1S/C29H25F4N3O5S/c1-3-40-20-11-9-18(10-12-20)34-27(38)22-14-23(37)36(15-17-13-21(30)25(32)26(33)24(17)31)29(42-22)35-19-7-5-16(6-8-19)28(39)41-4-2/h5-13,22H,3-4,14-15H2,1-2H3,(H,34,38)/t22-/m0/s1. The number of anilines is 1. The normalized spacial score (nSPS) is 16.0. The van der Waals surface area contributed by atoms with E-state index in [9.17, 15) is 31.9 Å². The summed E-state index contributed by atoms with van der Waals surface area (Å²) in [7, 11) is 0. The maximum absolute atomic E-state index is 14.5. The number of carbonyl (C=O) groups excluding carboxylic acids is 3. The number of esters is 1. The maximum atomic E-state index is 14.5. The summed E-state index contributed by atoms with van der Waals surface area (Å²) in [4.78, 5) is 43.7. The molecule has 0 saturated carbocycles. The van der Waals surface area contributed by atoms with E-state index in [2.05, 4.69) is 10.3 Å². The zero-order valence-electron chi connectivity index (χ0n) is 22.5. The van der Waals surface area contributed by atoms with E-state index in [1.54, 1.807) is 31.2 Å². The highest BCUT2D eigenvalue weighted by Gasteiger charge is 2.37. The Morgan fingerprint density at radius 1 is 0.976 bits per heavy atom. The minimum absolute atomic E-state index is 0.0773. The van der Waals surface area contributed by atoms with Crippen molar-refractivity contribution in [1.29, 1.82) is 0 Å². The molecule has 220 valence electrons. The lowest BCUT2D eigenvalue weighted by molar-refractivity contribution is -0.129. The summed E-state index contributed by atoms with van der Waals surface area (Å²) in [6, 6.07) is 12.9. The summed E-state index contributed by atoms with van der Waals surface area (Å²) in [6.45, 7) is 3.46. The molecule has 0 spiro atoms. The largest absolute Gasteiger partial charge is 0.494 e. The van der Waals surface area contributed by atoms with Gasteiger partial charge in [0.15, 0.2) is 28.4 Å². The number of ether oxygens (including phenoxy) is 2. The van der Waals surface area contributed by atoms with Crippen molar-refractivity contribution in [3.8, 4) is 5.75 Å². The van der Waals surface area contributed by atoms with Gasteiger partial charge in [-0.3, -0.25) is 14.5 Å². The Morgan fingerprint density at radius 3 is 2.31 bits per heavy atom. The summed E-state index contributed by atoms with van der Waals surface area (Å²) in [5, 5.41) is 1.67. The van der Waals surface area contributed by atoms with Crippen molar-refractivity contribution in [1.82, 2.24) is 4.90 Å². The number of benzene rings is 3. The van der Waals surface area contributed by atoms with E-state index in [1.165, 1.54) is 24.3 Å². The molecule has 8 nitrogen and oxygen atoms in total. The highest BCUT2D eigenvalue weighted by Crippen LogP contribution is 2.32. The van der Waals surface area contributed by atoms with Crippen LogP contribution in [0.15, 0.2) is 59.6 Å². The first-order chi connectivity index (χ1) is 20.1. The summed E-state index contributed by atoms with van der Waals surface area (Å²) < 4.78 is 66.2. The second-order valence-corrected chi connectivity index (χ2v) is 10.0. The van der Waals surface area contributed by atoms with Crippen molar-refractivity contribution in [2.75, 3.05) is 18.5 Å². The SMILES string of the molecule is CCOC(=O)c1ccc(N=C2S[C@H](C(=O)Nc3ccc(OCC)cc3)CC(=O)N2Cc2cc(F)c(F)c(F)c2F)cc1. The number of halogens is 4. The molecule has 0 radical (unpaired) electrons. The molecule has 0 bridgehead atoms. The fourth-order valence-electron chi connectivity index (χ4n) is 3.92. The quantitative estimate of drug-likeness (QED) is 0.140. The second kappa shape index (κ2) is 13.5. The van der Waals surface area contributed by atoms with Crippen LogP contribution >= 0.6 is 11.8 Å². The van der Waals surface area contributed by atoms with E-state index in [0.29, 0.717) is 24.1 Å². The molecule has 1 aliphatic rings. The topological polar surface area (TPSA) is 97.3 Å². The molecule has 3 aromatic carbocycles. The number of hydrogen-bond acceptors (Lipinski definition) is 7. The van der Waals surface area contributed by atoms with E-state index >= 15 is 0 Å². The molecule has 0 unspecified atom stereocenters. The first-order valence-electron chi connectivity index (χ1n) is 12.8. The number of amides is 2. The monoisotopic (exact) mass is 603 g/mol. The Morgan fingerprint density at radius 2 is 1.67 bits per heavy atom. The van der Waals surface area contributed by atoms with E-state index in [4.69, 9.17) is 9.47 Å².